The van der Waals surface area contributed by atoms with Crippen LogP contribution in [0.1, 0.15) is 22.5 Å². The third-order valence-electron chi connectivity index (χ3n) is 5.27. The third-order valence-corrected chi connectivity index (χ3v) is 5.52. The van der Waals surface area contributed by atoms with Gasteiger partial charge in [0.05, 0.1) is 29.3 Å². The van der Waals surface area contributed by atoms with Gasteiger partial charge in [0.1, 0.15) is 0 Å². The SMILES string of the molecule is Cc1nn(C)c(C)c1NC(=O)C=Cc1cn(Cc2ccccc2)nc1-c1ccc(Cl)cc1. The maximum atomic E-state index is 12.6. The van der Waals surface area contributed by atoms with E-state index in [1.165, 1.54) is 6.08 Å². The van der Waals surface area contributed by atoms with Crippen LogP contribution in [0.2, 0.25) is 5.02 Å². The number of hydrogen-bond donors (Lipinski definition) is 1. The molecule has 2 aromatic heterocycles. The Bertz CT molecular complexity index is 1270. The van der Waals surface area contributed by atoms with Gasteiger partial charge >= 0.3 is 0 Å². The molecule has 6 nitrogen and oxygen atoms in total. The molecule has 1 N–H and O–H groups in total. The van der Waals surface area contributed by atoms with E-state index < -0.39 is 0 Å². The summed E-state index contributed by atoms with van der Waals surface area (Å²) in [7, 11) is 1.85. The van der Waals surface area contributed by atoms with Gasteiger partial charge in [0, 0.05) is 35.5 Å². The maximum absolute atomic E-state index is 12.6. The summed E-state index contributed by atoms with van der Waals surface area (Å²) in [5.74, 6) is -0.220. The lowest BCUT2D eigenvalue weighted by atomic mass is 10.1. The third kappa shape index (κ3) is 4.81. The highest BCUT2D eigenvalue weighted by atomic mass is 35.5. The Balaban J connectivity index is 1.62. The van der Waals surface area contributed by atoms with Crippen LogP contribution in [0.15, 0.2) is 66.9 Å². The van der Waals surface area contributed by atoms with Crippen LogP contribution in [0.4, 0.5) is 5.69 Å². The van der Waals surface area contributed by atoms with Crippen molar-refractivity contribution in [2.45, 2.75) is 20.4 Å². The van der Waals surface area contributed by atoms with Crippen LogP contribution in [0, 0.1) is 13.8 Å². The second-order valence-corrected chi connectivity index (χ2v) is 8.05. The Morgan fingerprint density at radius 3 is 2.44 bits per heavy atom. The Morgan fingerprint density at radius 1 is 1.06 bits per heavy atom. The van der Waals surface area contributed by atoms with E-state index in [9.17, 15) is 4.79 Å². The van der Waals surface area contributed by atoms with Crippen molar-refractivity contribution >= 4 is 29.3 Å². The van der Waals surface area contributed by atoms with Crippen molar-refractivity contribution in [1.82, 2.24) is 19.6 Å². The molecular weight excluding hydrogens is 422 g/mol. The maximum Gasteiger partial charge on any atom is 0.248 e. The molecule has 2 heterocycles. The highest BCUT2D eigenvalue weighted by Crippen LogP contribution is 2.25. The summed E-state index contributed by atoms with van der Waals surface area (Å²) in [4.78, 5) is 12.6. The molecule has 0 aliphatic rings. The predicted octanol–water partition coefficient (Wildman–Crippen LogP) is 5.25. The molecule has 32 heavy (non-hydrogen) atoms. The standard InChI is InChI=1S/C25H24ClN5O/c1-17-24(18(2)30(3)28-17)27-23(32)14-11-21-16-31(15-19-7-5-4-6-8-19)29-25(21)20-9-12-22(26)13-10-20/h4-14,16H,15H2,1-3H3,(H,27,32). The Hall–Kier alpha value is -3.64. The van der Waals surface area contributed by atoms with E-state index in [1.807, 2.05) is 74.2 Å². The van der Waals surface area contributed by atoms with Gasteiger partial charge in [-0.1, -0.05) is 54.1 Å². The monoisotopic (exact) mass is 445 g/mol. The van der Waals surface area contributed by atoms with Crippen LogP contribution in [0.3, 0.4) is 0 Å². The van der Waals surface area contributed by atoms with Gasteiger partial charge in [0.2, 0.25) is 5.91 Å². The van der Waals surface area contributed by atoms with E-state index in [-0.39, 0.29) is 5.91 Å². The zero-order chi connectivity index (χ0) is 22.7. The van der Waals surface area contributed by atoms with Gasteiger partial charge in [-0.15, -0.1) is 0 Å². The number of nitrogens with one attached hydrogen (secondary N) is 1. The summed E-state index contributed by atoms with van der Waals surface area (Å²) < 4.78 is 3.63. The molecule has 0 aliphatic heterocycles. The second-order valence-electron chi connectivity index (χ2n) is 7.62. The molecule has 7 heteroatoms. The lowest BCUT2D eigenvalue weighted by Gasteiger charge is -2.02. The molecule has 1 amide bonds. The molecule has 0 fully saturated rings. The number of amides is 1. The summed E-state index contributed by atoms with van der Waals surface area (Å²) in [6, 6.07) is 17.6. The lowest BCUT2D eigenvalue weighted by Crippen LogP contribution is -2.09. The number of hydrogen-bond acceptors (Lipinski definition) is 3. The molecule has 2 aromatic carbocycles. The number of benzene rings is 2. The molecule has 0 aliphatic carbocycles. The van der Waals surface area contributed by atoms with Crippen molar-refractivity contribution in [1.29, 1.82) is 0 Å². The lowest BCUT2D eigenvalue weighted by molar-refractivity contribution is -0.111. The average molecular weight is 446 g/mol. The Labute approximate surface area is 192 Å². The molecule has 0 bridgehead atoms. The minimum Gasteiger partial charge on any atom is -0.319 e. The first-order chi connectivity index (χ1) is 15.4. The van der Waals surface area contributed by atoms with E-state index in [1.54, 1.807) is 10.8 Å². The summed E-state index contributed by atoms with van der Waals surface area (Å²) in [6.07, 6.45) is 5.26. The fourth-order valence-corrected chi connectivity index (χ4v) is 3.65. The number of nitrogens with zero attached hydrogens (tertiary/aromatic N) is 4. The first-order valence-corrected chi connectivity index (χ1v) is 10.6. The van der Waals surface area contributed by atoms with Gasteiger partial charge in [0.25, 0.3) is 0 Å². The van der Waals surface area contributed by atoms with Crippen molar-refractivity contribution in [2.24, 2.45) is 7.05 Å². The molecule has 162 valence electrons. The smallest absolute Gasteiger partial charge is 0.248 e. The van der Waals surface area contributed by atoms with Crippen molar-refractivity contribution in [3.63, 3.8) is 0 Å². The molecule has 0 unspecified atom stereocenters. The molecule has 0 saturated heterocycles. The number of rotatable bonds is 6. The molecular formula is C25H24ClN5O. The number of aromatic nitrogens is 4. The molecule has 0 saturated carbocycles. The van der Waals surface area contributed by atoms with Crippen molar-refractivity contribution in [3.05, 3.63) is 94.4 Å². The van der Waals surface area contributed by atoms with E-state index in [2.05, 4.69) is 22.5 Å². The van der Waals surface area contributed by atoms with E-state index in [4.69, 9.17) is 16.7 Å². The van der Waals surface area contributed by atoms with Gasteiger partial charge in [-0.3, -0.25) is 14.2 Å². The molecule has 0 atom stereocenters. The van der Waals surface area contributed by atoms with E-state index >= 15 is 0 Å². The normalized spacial score (nSPS) is 11.2. The van der Waals surface area contributed by atoms with Gasteiger partial charge in [-0.2, -0.15) is 10.2 Å². The highest BCUT2D eigenvalue weighted by Gasteiger charge is 2.13. The van der Waals surface area contributed by atoms with Crippen LogP contribution < -0.4 is 5.32 Å². The first kappa shape index (κ1) is 21.6. The highest BCUT2D eigenvalue weighted by molar-refractivity contribution is 6.30. The van der Waals surface area contributed by atoms with Crippen molar-refractivity contribution < 1.29 is 4.79 Å². The number of carbonyl (C=O) groups is 1. The number of aryl methyl sites for hydroxylation is 2. The van der Waals surface area contributed by atoms with Crippen LogP contribution in [0.5, 0.6) is 0 Å². The summed E-state index contributed by atoms with van der Waals surface area (Å²) >= 11 is 6.06. The van der Waals surface area contributed by atoms with Gasteiger partial charge in [0.15, 0.2) is 0 Å². The van der Waals surface area contributed by atoms with E-state index in [0.29, 0.717) is 11.6 Å². The van der Waals surface area contributed by atoms with Crippen molar-refractivity contribution in [3.8, 4) is 11.3 Å². The largest absolute Gasteiger partial charge is 0.319 e. The summed E-state index contributed by atoms with van der Waals surface area (Å²) in [5, 5.41) is 12.7. The quantitative estimate of drug-likeness (QED) is 0.412. The zero-order valence-electron chi connectivity index (χ0n) is 18.2. The molecule has 0 spiro atoms. The number of halogens is 1. The minimum atomic E-state index is -0.220. The first-order valence-electron chi connectivity index (χ1n) is 10.3. The molecule has 4 rings (SSSR count). The summed E-state index contributed by atoms with van der Waals surface area (Å²) in [5.41, 5.74) is 6.13. The van der Waals surface area contributed by atoms with Crippen LogP contribution >= 0.6 is 11.6 Å². The summed E-state index contributed by atoms with van der Waals surface area (Å²) in [6.45, 7) is 4.43. The van der Waals surface area contributed by atoms with Gasteiger partial charge in [-0.25, -0.2) is 0 Å². The van der Waals surface area contributed by atoms with Gasteiger partial charge < -0.3 is 5.32 Å². The number of carbonyl (C=O) groups excluding carboxylic acids is 1. The second kappa shape index (κ2) is 9.24. The van der Waals surface area contributed by atoms with Gasteiger partial charge in [-0.05, 0) is 37.6 Å². The predicted molar refractivity (Wildman–Crippen MR) is 129 cm³/mol. The number of anilines is 1. The molecule has 4 aromatic rings. The topological polar surface area (TPSA) is 64.7 Å². The van der Waals surface area contributed by atoms with Crippen LogP contribution in [-0.4, -0.2) is 25.5 Å². The fraction of sp³-hybridized carbons (Fsp3) is 0.160. The van der Waals surface area contributed by atoms with Crippen LogP contribution in [0.25, 0.3) is 17.3 Å². The Kier molecular flexibility index (Phi) is 6.23. The molecule has 0 radical (unpaired) electrons. The van der Waals surface area contributed by atoms with E-state index in [0.717, 1.165) is 39.5 Å². The average Bonchev–Trinajstić information content (AvgIpc) is 3.29. The Morgan fingerprint density at radius 2 is 1.78 bits per heavy atom. The van der Waals surface area contributed by atoms with Crippen molar-refractivity contribution in [2.75, 3.05) is 5.32 Å². The fourth-order valence-electron chi connectivity index (χ4n) is 3.53. The zero-order valence-corrected chi connectivity index (χ0v) is 19.0. The van der Waals surface area contributed by atoms with Crippen LogP contribution in [-0.2, 0) is 18.4 Å². The minimum absolute atomic E-state index is 0.220.